The SMILES string of the molecule is COc1ncnc2c1nc(Nc1ccccc1)n2CCC(C)C. The van der Waals surface area contributed by atoms with Gasteiger partial charge in [-0.3, -0.25) is 4.57 Å². The van der Waals surface area contributed by atoms with Crippen molar-refractivity contribution in [3.05, 3.63) is 36.7 Å². The van der Waals surface area contributed by atoms with Crippen LogP contribution in [0.4, 0.5) is 11.6 Å². The first-order chi connectivity index (χ1) is 11.2. The lowest BCUT2D eigenvalue weighted by molar-refractivity contribution is 0.401. The highest BCUT2D eigenvalue weighted by Crippen LogP contribution is 2.26. The van der Waals surface area contributed by atoms with Crippen LogP contribution in [0.25, 0.3) is 11.2 Å². The Balaban J connectivity index is 2.05. The molecular formula is C17H21N5O. The first-order valence-corrected chi connectivity index (χ1v) is 7.76. The number of nitrogens with one attached hydrogen (secondary N) is 1. The molecule has 6 heteroatoms. The summed E-state index contributed by atoms with van der Waals surface area (Å²) in [6.45, 7) is 5.25. The Hall–Kier alpha value is -2.63. The van der Waals surface area contributed by atoms with E-state index >= 15 is 0 Å². The number of fused-ring (bicyclic) bond motifs is 1. The van der Waals surface area contributed by atoms with Gasteiger partial charge in [-0.1, -0.05) is 32.0 Å². The minimum absolute atomic E-state index is 0.495. The summed E-state index contributed by atoms with van der Waals surface area (Å²) in [6.07, 6.45) is 2.56. The van der Waals surface area contributed by atoms with Crippen molar-refractivity contribution in [1.82, 2.24) is 19.5 Å². The van der Waals surface area contributed by atoms with Crippen molar-refractivity contribution >= 4 is 22.8 Å². The number of para-hydroxylation sites is 1. The van der Waals surface area contributed by atoms with E-state index < -0.39 is 0 Å². The number of hydrogen-bond donors (Lipinski definition) is 1. The second-order valence-corrected chi connectivity index (χ2v) is 5.82. The minimum atomic E-state index is 0.495. The number of imidazole rings is 1. The van der Waals surface area contributed by atoms with Crippen LogP contribution < -0.4 is 10.1 Å². The van der Waals surface area contributed by atoms with E-state index in [1.165, 1.54) is 6.33 Å². The quantitative estimate of drug-likeness (QED) is 0.753. The Labute approximate surface area is 135 Å². The predicted octanol–water partition coefficient (Wildman–Crippen LogP) is 3.62. The van der Waals surface area contributed by atoms with Crippen LogP contribution in [-0.2, 0) is 6.54 Å². The summed E-state index contributed by atoms with van der Waals surface area (Å²) < 4.78 is 7.41. The molecule has 0 aliphatic heterocycles. The highest BCUT2D eigenvalue weighted by Gasteiger charge is 2.16. The van der Waals surface area contributed by atoms with Gasteiger partial charge in [-0.2, -0.15) is 4.98 Å². The van der Waals surface area contributed by atoms with Gasteiger partial charge in [-0.25, -0.2) is 9.97 Å². The van der Waals surface area contributed by atoms with Gasteiger partial charge in [0.05, 0.1) is 7.11 Å². The second-order valence-electron chi connectivity index (χ2n) is 5.82. The summed E-state index contributed by atoms with van der Waals surface area (Å²) in [7, 11) is 1.60. The number of methoxy groups -OCH3 is 1. The van der Waals surface area contributed by atoms with Crippen LogP contribution in [-0.4, -0.2) is 26.6 Å². The molecule has 1 N–H and O–H groups in total. The maximum Gasteiger partial charge on any atom is 0.245 e. The average molecular weight is 311 g/mol. The van der Waals surface area contributed by atoms with Gasteiger partial charge >= 0.3 is 0 Å². The fourth-order valence-electron chi connectivity index (χ4n) is 2.41. The van der Waals surface area contributed by atoms with Crippen LogP contribution in [0.2, 0.25) is 0 Å². The smallest absolute Gasteiger partial charge is 0.245 e. The molecule has 0 fully saturated rings. The predicted molar refractivity (Wildman–Crippen MR) is 91.1 cm³/mol. The lowest BCUT2D eigenvalue weighted by Crippen LogP contribution is -2.07. The van der Waals surface area contributed by atoms with Crippen molar-refractivity contribution in [2.24, 2.45) is 5.92 Å². The van der Waals surface area contributed by atoms with E-state index in [0.29, 0.717) is 17.3 Å². The Bertz CT molecular complexity index is 782. The second kappa shape index (κ2) is 6.64. The van der Waals surface area contributed by atoms with Gasteiger partial charge in [0.2, 0.25) is 11.8 Å². The third-order valence-electron chi connectivity index (χ3n) is 3.65. The lowest BCUT2D eigenvalue weighted by Gasteiger charge is -2.11. The van der Waals surface area contributed by atoms with E-state index in [2.05, 4.69) is 38.7 Å². The summed E-state index contributed by atoms with van der Waals surface area (Å²) in [6, 6.07) is 9.99. The molecule has 2 aromatic heterocycles. The van der Waals surface area contributed by atoms with E-state index in [1.807, 2.05) is 30.3 Å². The molecule has 0 aliphatic carbocycles. The molecule has 2 heterocycles. The number of hydrogen-bond acceptors (Lipinski definition) is 5. The van der Waals surface area contributed by atoms with Gasteiger partial charge in [0, 0.05) is 12.2 Å². The number of aryl methyl sites for hydroxylation is 1. The highest BCUT2D eigenvalue weighted by molar-refractivity contribution is 5.80. The van der Waals surface area contributed by atoms with E-state index in [0.717, 1.165) is 30.2 Å². The van der Waals surface area contributed by atoms with E-state index in [1.54, 1.807) is 7.11 Å². The van der Waals surface area contributed by atoms with Crippen LogP contribution in [0.15, 0.2) is 36.7 Å². The number of anilines is 2. The van der Waals surface area contributed by atoms with Crippen molar-refractivity contribution in [2.75, 3.05) is 12.4 Å². The minimum Gasteiger partial charge on any atom is -0.479 e. The van der Waals surface area contributed by atoms with Crippen molar-refractivity contribution in [2.45, 2.75) is 26.8 Å². The van der Waals surface area contributed by atoms with Gasteiger partial charge in [0.1, 0.15) is 6.33 Å². The number of ether oxygens (including phenoxy) is 1. The molecule has 0 bridgehead atoms. The molecule has 0 spiro atoms. The fraction of sp³-hybridized carbons (Fsp3) is 0.353. The Morgan fingerprint density at radius 1 is 1.17 bits per heavy atom. The largest absolute Gasteiger partial charge is 0.479 e. The molecule has 0 amide bonds. The molecule has 6 nitrogen and oxygen atoms in total. The highest BCUT2D eigenvalue weighted by atomic mass is 16.5. The lowest BCUT2D eigenvalue weighted by atomic mass is 10.1. The van der Waals surface area contributed by atoms with Crippen molar-refractivity contribution < 1.29 is 4.74 Å². The molecule has 0 radical (unpaired) electrons. The summed E-state index contributed by atoms with van der Waals surface area (Å²) in [5.41, 5.74) is 2.45. The number of aromatic nitrogens is 4. The maximum absolute atomic E-state index is 5.32. The number of benzene rings is 1. The first kappa shape index (κ1) is 15.3. The van der Waals surface area contributed by atoms with Crippen LogP contribution in [0, 0.1) is 5.92 Å². The van der Waals surface area contributed by atoms with E-state index in [9.17, 15) is 0 Å². The van der Waals surface area contributed by atoms with Gasteiger partial charge in [-0.05, 0) is 24.5 Å². The zero-order valence-corrected chi connectivity index (χ0v) is 13.7. The van der Waals surface area contributed by atoms with Crippen LogP contribution in [0.3, 0.4) is 0 Å². The molecule has 0 aliphatic rings. The van der Waals surface area contributed by atoms with Crippen LogP contribution in [0.1, 0.15) is 20.3 Å². The van der Waals surface area contributed by atoms with Crippen molar-refractivity contribution in [3.63, 3.8) is 0 Å². The van der Waals surface area contributed by atoms with E-state index in [4.69, 9.17) is 4.74 Å². The topological polar surface area (TPSA) is 64.9 Å². The molecular weight excluding hydrogens is 290 g/mol. The third kappa shape index (κ3) is 3.26. The van der Waals surface area contributed by atoms with Gasteiger partial charge in [0.25, 0.3) is 0 Å². The van der Waals surface area contributed by atoms with Gasteiger partial charge in [0.15, 0.2) is 11.2 Å². The zero-order chi connectivity index (χ0) is 16.2. The summed E-state index contributed by atoms with van der Waals surface area (Å²) >= 11 is 0. The summed E-state index contributed by atoms with van der Waals surface area (Å²) in [5, 5.41) is 3.37. The summed E-state index contributed by atoms with van der Waals surface area (Å²) in [4.78, 5) is 13.2. The monoisotopic (exact) mass is 311 g/mol. The first-order valence-electron chi connectivity index (χ1n) is 7.76. The van der Waals surface area contributed by atoms with E-state index in [-0.39, 0.29) is 0 Å². The number of rotatable bonds is 6. The molecule has 23 heavy (non-hydrogen) atoms. The molecule has 3 rings (SSSR count). The normalized spacial score (nSPS) is 11.1. The average Bonchev–Trinajstić information content (AvgIpc) is 2.91. The van der Waals surface area contributed by atoms with Crippen molar-refractivity contribution in [1.29, 1.82) is 0 Å². The Morgan fingerprint density at radius 3 is 2.65 bits per heavy atom. The summed E-state index contributed by atoms with van der Waals surface area (Å²) in [5.74, 6) is 1.85. The molecule has 0 atom stereocenters. The number of nitrogens with zero attached hydrogens (tertiary/aromatic N) is 4. The van der Waals surface area contributed by atoms with Crippen molar-refractivity contribution in [3.8, 4) is 5.88 Å². The Kier molecular flexibility index (Phi) is 4.41. The molecule has 0 saturated heterocycles. The molecule has 1 aromatic carbocycles. The van der Waals surface area contributed by atoms with Gasteiger partial charge in [-0.15, -0.1) is 0 Å². The fourth-order valence-corrected chi connectivity index (χ4v) is 2.41. The van der Waals surface area contributed by atoms with Crippen LogP contribution in [0.5, 0.6) is 5.88 Å². The Morgan fingerprint density at radius 2 is 1.96 bits per heavy atom. The molecule has 120 valence electrons. The zero-order valence-electron chi connectivity index (χ0n) is 13.7. The molecule has 0 saturated carbocycles. The maximum atomic E-state index is 5.32. The van der Waals surface area contributed by atoms with Gasteiger partial charge < -0.3 is 10.1 Å². The third-order valence-corrected chi connectivity index (χ3v) is 3.65. The molecule has 0 unspecified atom stereocenters. The standard InChI is InChI=1S/C17H21N5O/c1-12(2)9-10-22-15-14(16(23-3)19-11-18-15)21-17(22)20-13-7-5-4-6-8-13/h4-8,11-12H,9-10H2,1-3H3,(H,20,21). The molecule has 3 aromatic rings. The van der Waals surface area contributed by atoms with Crippen LogP contribution >= 0.6 is 0 Å².